The van der Waals surface area contributed by atoms with E-state index < -0.39 is 0 Å². The molecule has 18 heavy (non-hydrogen) atoms. The molecule has 2 aromatic rings. The van der Waals surface area contributed by atoms with E-state index in [0.29, 0.717) is 5.02 Å². The molecule has 1 saturated heterocycles. The second kappa shape index (κ2) is 4.75. The van der Waals surface area contributed by atoms with Gasteiger partial charge in [0.15, 0.2) is 5.78 Å². The maximum absolute atomic E-state index is 12.5. The highest BCUT2D eigenvalue weighted by Gasteiger charge is 2.24. The Hall–Kier alpha value is -1.32. The minimum atomic E-state index is 0.0778. The Labute approximate surface area is 111 Å². The molecular weight excluding hydrogens is 248 g/mol. The third kappa shape index (κ3) is 1.93. The molecule has 3 rings (SSSR count). The van der Waals surface area contributed by atoms with Crippen LogP contribution in [0.5, 0.6) is 0 Å². The Bertz CT molecular complexity index is 584. The summed E-state index contributed by atoms with van der Waals surface area (Å²) < 4.78 is 0. The van der Waals surface area contributed by atoms with Crippen molar-refractivity contribution in [1.29, 1.82) is 0 Å². The smallest absolute Gasteiger partial charge is 0.169 e. The molecule has 0 bridgehead atoms. The molecule has 4 heteroatoms. The van der Waals surface area contributed by atoms with Gasteiger partial charge in [0.25, 0.3) is 0 Å². The van der Waals surface area contributed by atoms with Crippen molar-refractivity contribution >= 4 is 28.3 Å². The summed E-state index contributed by atoms with van der Waals surface area (Å²) in [4.78, 5) is 15.6. The first-order valence-corrected chi connectivity index (χ1v) is 6.65. The second-order valence-electron chi connectivity index (χ2n) is 4.77. The third-order valence-corrected chi connectivity index (χ3v) is 3.90. The van der Waals surface area contributed by atoms with E-state index in [-0.39, 0.29) is 11.7 Å². The van der Waals surface area contributed by atoms with Gasteiger partial charge in [0, 0.05) is 35.1 Å². The number of nitrogens with one attached hydrogen (secondary N) is 2. The lowest BCUT2D eigenvalue weighted by Gasteiger charge is -2.21. The van der Waals surface area contributed by atoms with Gasteiger partial charge >= 0.3 is 0 Å². The minimum Gasteiger partial charge on any atom is -0.360 e. The summed E-state index contributed by atoms with van der Waals surface area (Å²) in [6.45, 7) is 1.79. The Balaban J connectivity index is 2.01. The number of Topliss-reactive ketones (excluding diaryl/α,β-unsaturated/α-hetero) is 1. The first-order chi connectivity index (χ1) is 8.77. The van der Waals surface area contributed by atoms with Gasteiger partial charge in [-0.05, 0) is 31.5 Å². The highest BCUT2D eigenvalue weighted by atomic mass is 35.5. The average molecular weight is 263 g/mol. The topological polar surface area (TPSA) is 44.9 Å². The summed E-state index contributed by atoms with van der Waals surface area (Å²) in [7, 11) is 0. The molecule has 1 aliphatic heterocycles. The molecule has 2 N–H and O–H groups in total. The van der Waals surface area contributed by atoms with Crippen molar-refractivity contribution < 1.29 is 4.79 Å². The highest BCUT2D eigenvalue weighted by Crippen LogP contribution is 2.29. The fraction of sp³-hybridized carbons (Fsp3) is 0.357. The number of hydrogen-bond acceptors (Lipinski definition) is 2. The summed E-state index contributed by atoms with van der Waals surface area (Å²) in [5, 5.41) is 4.77. The van der Waals surface area contributed by atoms with E-state index in [1.165, 1.54) is 0 Å². The first kappa shape index (κ1) is 11.8. The zero-order chi connectivity index (χ0) is 12.5. The molecule has 3 nitrogen and oxygen atoms in total. The summed E-state index contributed by atoms with van der Waals surface area (Å²) in [6.07, 6.45) is 3.81. The average Bonchev–Trinajstić information content (AvgIpc) is 2.84. The molecule has 1 unspecified atom stereocenters. The lowest BCUT2D eigenvalue weighted by Crippen LogP contribution is -2.34. The highest BCUT2D eigenvalue weighted by molar-refractivity contribution is 6.37. The second-order valence-corrected chi connectivity index (χ2v) is 5.18. The van der Waals surface area contributed by atoms with Crippen LogP contribution in [0.15, 0.2) is 24.4 Å². The number of piperidine rings is 1. The van der Waals surface area contributed by atoms with Gasteiger partial charge in [-0.15, -0.1) is 0 Å². The molecule has 0 saturated carbocycles. The van der Waals surface area contributed by atoms with Crippen LogP contribution >= 0.6 is 11.6 Å². The van der Waals surface area contributed by atoms with Crippen LogP contribution in [0.2, 0.25) is 5.02 Å². The third-order valence-electron chi connectivity index (χ3n) is 3.59. The van der Waals surface area contributed by atoms with Crippen LogP contribution in [0.4, 0.5) is 0 Å². The van der Waals surface area contributed by atoms with Crippen molar-refractivity contribution in [2.45, 2.75) is 12.8 Å². The maximum Gasteiger partial charge on any atom is 0.169 e. The van der Waals surface area contributed by atoms with Crippen molar-refractivity contribution in [1.82, 2.24) is 10.3 Å². The number of rotatable bonds is 2. The van der Waals surface area contributed by atoms with Crippen molar-refractivity contribution in [2.24, 2.45) is 5.92 Å². The first-order valence-electron chi connectivity index (χ1n) is 6.28. The van der Waals surface area contributed by atoms with Crippen molar-refractivity contribution in [3.63, 3.8) is 0 Å². The number of hydrogen-bond donors (Lipinski definition) is 2. The van der Waals surface area contributed by atoms with Crippen LogP contribution in [0.1, 0.15) is 23.2 Å². The molecule has 0 aliphatic carbocycles. The number of halogens is 1. The number of benzene rings is 1. The normalized spacial score (nSPS) is 20.2. The van der Waals surface area contributed by atoms with Crippen LogP contribution in [0, 0.1) is 5.92 Å². The number of aromatic nitrogens is 1. The Morgan fingerprint density at radius 1 is 1.39 bits per heavy atom. The van der Waals surface area contributed by atoms with E-state index in [0.717, 1.165) is 42.4 Å². The summed E-state index contributed by atoms with van der Waals surface area (Å²) in [5.41, 5.74) is 1.65. The van der Waals surface area contributed by atoms with Gasteiger partial charge in [-0.1, -0.05) is 17.7 Å². The molecule has 1 aliphatic rings. The van der Waals surface area contributed by atoms with Gasteiger partial charge in [0.2, 0.25) is 0 Å². The molecule has 1 aromatic heterocycles. The molecule has 0 amide bonds. The van der Waals surface area contributed by atoms with Gasteiger partial charge in [0.05, 0.1) is 5.02 Å². The molecule has 1 aromatic carbocycles. The Kier molecular flexibility index (Phi) is 3.10. The SMILES string of the molecule is O=C(c1c[nH]c2cccc(Cl)c12)C1CCCNC1. The van der Waals surface area contributed by atoms with Crippen LogP contribution in [0.25, 0.3) is 10.9 Å². The lowest BCUT2D eigenvalue weighted by molar-refractivity contribution is 0.0901. The molecule has 1 atom stereocenters. The molecule has 0 radical (unpaired) electrons. The zero-order valence-corrected chi connectivity index (χ0v) is 10.8. The molecule has 0 spiro atoms. The number of carbonyl (C=O) groups excluding carboxylic acids is 1. The van der Waals surface area contributed by atoms with E-state index >= 15 is 0 Å². The van der Waals surface area contributed by atoms with E-state index in [1.54, 1.807) is 6.20 Å². The van der Waals surface area contributed by atoms with E-state index in [9.17, 15) is 4.79 Å². The van der Waals surface area contributed by atoms with E-state index in [2.05, 4.69) is 10.3 Å². The molecule has 2 heterocycles. The predicted molar refractivity (Wildman–Crippen MR) is 73.2 cm³/mol. The summed E-state index contributed by atoms with van der Waals surface area (Å²) in [6, 6.07) is 5.66. The van der Waals surface area contributed by atoms with E-state index in [1.807, 2.05) is 18.2 Å². The van der Waals surface area contributed by atoms with Gasteiger partial charge in [-0.25, -0.2) is 0 Å². The Morgan fingerprint density at radius 3 is 3.06 bits per heavy atom. The number of ketones is 1. The monoisotopic (exact) mass is 262 g/mol. The fourth-order valence-electron chi connectivity index (χ4n) is 2.63. The van der Waals surface area contributed by atoms with Gasteiger partial charge in [0.1, 0.15) is 0 Å². The lowest BCUT2D eigenvalue weighted by atomic mass is 9.91. The van der Waals surface area contributed by atoms with Crippen LogP contribution < -0.4 is 5.32 Å². The van der Waals surface area contributed by atoms with Crippen molar-refractivity contribution in [3.05, 3.63) is 35.0 Å². The number of H-pyrrole nitrogens is 1. The number of carbonyl (C=O) groups is 1. The van der Waals surface area contributed by atoms with E-state index in [4.69, 9.17) is 11.6 Å². The molecular formula is C14H15ClN2O. The molecule has 94 valence electrons. The number of aromatic amines is 1. The summed E-state index contributed by atoms with van der Waals surface area (Å²) >= 11 is 6.20. The van der Waals surface area contributed by atoms with Gasteiger partial charge < -0.3 is 10.3 Å². The van der Waals surface area contributed by atoms with Crippen molar-refractivity contribution in [2.75, 3.05) is 13.1 Å². The van der Waals surface area contributed by atoms with Crippen molar-refractivity contribution in [3.8, 4) is 0 Å². The van der Waals surface area contributed by atoms with Gasteiger partial charge in [-0.3, -0.25) is 4.79 Å². The predicted octanol–water partition coefficient (Wildman–Crippen LogP) is 3.00. The zero-order valence-electron chi connectivity index (χ0n) is 10.0. The Morgan fingerprint density at radius 2 is 2.28 bits per heavy atom. The summed E-state index contributed by atoms with van der Waals surface area (Å²) in [5.74, 6) is 0.274. The quantitative estimate of drug-likeness (QED) is 0.818. The van der Waals surface area contributed by atoms with Gasteiger partial charge in [-0.2, -0.15) is 0 Å². The molecule has 1 fully saturated rings. The minimum absolute atomic E-state index is 0.0778. The van der Waals surface area contributed by atoms with Crippen LogP contribution in [0.3, 0.4) is 0 Å². The maximum atomic E-state index is 12.5. The van der Waals surface area contributed by atoms with Crippen LogP contribution in [-0.2, 0) is 0 Å². The fourth-order valence-corrected chi connectivity index (χ4v) is 2.91. The van der Waals surface area contributed by atoms with Crippen LogP contribution in [-0.4, -0.2) is 23.9 Å². The number of fused-ring (bicyclic) bond motifs is 1. The largest absolute Gasteiger partial charge is 0.360 e. The standard InChI is InChI=1S/C14H15ClN2O/c15-11-4-1-5-12-13(11)10(8-17-12)14(18)9-3-2-6-16-7-9/h1,4-5,8-9,16-17H,2-3,6-7H2.